The maximum Gasteiger partial charge on any atom is 0.404 e. The first-order chi connectivity index (χ1) is 6.61. The second kappa shape index (κ2) is 5.00. The van der Waals surface area contributed by atoms with E-state index in [1.807, 2.05) is 25.1 Å². The van der Waals surface area contributed by atoms with Crippen LogP contribution in [-0.2, 0) is 6.42 Å². The van der Waals surface area contributed by atoms with E-state index in [0.29, 0.717) is 6.54 Å². The summed E-state index contributed by atoms with van der Waals surface area (Å²) in [5.74, 6) is 0. The van der Waals surface area contributed by atoms with Crippen LogP contribution in [0.4, 0.5) is 4.79 Å². The molecule has 0 radical (unpaired) electrons. The molecule has 0 saturated carbocycles. The second-order valence-electron chi connectivity index (χ2n) is 3.01. The Balaban J connectivity index is 2.59. The van der Waals surface area contributed by atoms with Crippen LogP contribution >= 0.6 is 15.9 Å². The van der Waals surface area contributed by atoms with Crippen molar-refractivity contribution >= 4 is 22.0 Å². The van der Waals surface area contributed by atoms with Crippen LogP contribution in [0.3, 0.4) is 0 Å². The van der Waals surface area contributed by atoms with Gasteiger partial charge >= 0.3 is 6.09 Å². The monoisotopic (exact) mass is 257 g/mol. The molecule has 0 heterocycles. The van der Waals surface area contributed by atoms with Gasteiger partial charge < -0.3 is 10.4 Å². The van der Waals surface area contributed by atoms with Crippen LogP contribution in [0, 0.1) is 6.92 Å². The number of benzene rings is 1. The van der Waals surface area contributed by atoms with Crippen molar-refractivity contribution in [1.29, 1.82) is 0 Å². The molecule has 4 heteroatoms. The molecule has 0 bridgehead atoms. The standard InChI is InChI=1S/C10H12BrNO2/c1-7-8(3-2-4-9(7)11)5-6-12-10(13)14/h2-4,12H,5-6H2,1H3,(H,13,14). The summed E-state index contributed by atoms with van der Waals surface area (Å²) in [4.78, 5) is 10.2. The number of nitrogens with one attached hydrogen (secondary N) is 1. The van der Waals surface area contributed by atoms with Gasteiger partial charge in [0, 0.05) is 11.0 Å². The zero-order valence-electron chi connectivity index (χ0n) is 7.88. The van der Waals surface area contributed by atoms with E-state index in [4.69, 9.17) is 5.11 Å². The Labute approximate surface area is 91.3 Å². The van der Waals surface area contributed by atoms with Gasteiger partial charge in [-0.1, -0.05) is 28.1 Å². The van der Waals surface area contributed by atoms with Gasteiger partial charge in [0.05, 0.1) is 0 Å². The zero-order valence-corrected chi connectivity index (χ0v) is 9.47. The normalized spacial score (nSPS) is 9.86. The predicted octanol–water partition coefficient (Wildman–Crippen LogP) is 2.57. The highest BCUT2D eigenvalue weighted by atomic mass is 79.9. The van der Waals surface area contributed by atoms with E-state index in [2.05, 4.69) is 21.2 Å². The smallest absolute Gasteiger partial charge is 0.404 e. The molecule has 76 valence electrons. The molecule has 1 amide bonds. The van der Waals surface area contributed by atoms with Crippen molar-refractivity contribution < 1.29 is 9.90 Å². The topological polar surface area (TPSA) is 49.3 Å². The molecule has 1 aromatic rings. The first-order valence-electron chi connectivity index (χ1n) is 4.32. The summed E-state index contributed by atoms with van der Waals surface area (Å²) < 4.78 is 1.06. The summed E-state index contributed by atoms with van der Waals surface area (Å²) in [6.45, 7) is 2.47. The van der Waals surface area contributed by atoms with Gasteiger partial charge in [0.25, 0.3) is 0 Å². The molecule has 0 aromatic heterocycles. The third-order valence-corrected chi connectivity index (χ3v) is 2.91. The molecule has 0 aliphatic heterocycles. The van der Waals surface area contributed by atoms with E-state index in [1.54, 1.807) is 0 Å². The van der Waals surface area contributed by atoms with E-state index in [9.17, 15) is 4.79 Å². The molecule has 1 aromatic carbocycles. The minimum absolute atomic E-state index is 0.451. The van der Waals surface area contributed by atoms with Gasteiger partial charge in [-0.15, -0.1) is 0 Å². The van der Waals surface area contributed by atoms with E-state index in [0.717, 1.165) is 16.5 Å². The van der Waals surface area contributed by atoms with Crippen LogP contribution < -0.4 is 5.32 Å². The Kier molecular flexibility index (Phi) is 3.95. The first-order valence-corrected chi connectivity index (χ1v) is 5.11. The third-order valence-electron chi connectivity index (χ3n) is 2.05. The van der Waals surface area contributed by atoms with Crippen molar-refractivity contribution in [3.63, 3.8) is 0 Å². The summed E-state index contributed by atoms with van der Waals surface area (Å²) in [6.07, 6.45) is -0.255. The maximum absolute atomic E-state index is 10.2. The van der Waals surface area contributed by atoms with Crippen LogP contribution in [0.5, 0.6) is 0 Å². The first kappa shape index (κ1) is 11.0. The van der Waals surface area contributed by atoms with Crippen LogP contribution in [0.2, 0.25) is 0 Å². The number of hydrogen-bond acceptors (Lipinski definition) is 1. The number of carboxylic acid groups (broad SMARTS) is 1. The summed E-state index contributed by atoms with van der Waals surface area (Å²) in [5.41, 5.74) is 2.33. The number of rotatable bonds is 3. The lowest BCUT2D eigenvalue weighted by atomic mass is 10.1. The fourth-order valence-electron chi connectivity index (χ4n) is 1.23. The Morgan fingerprint density at radius 1 is 1.57 bits per heavy atom. The molecule has 0 spiro atoms. The Morgan fingerprint density at radius 2 is 2.29 bits per heavy atom. The van der Waals surface area contributed by atoms with E-state index in [1.165, 1.54) is 5.56 Å². The summed E-state index contributed by atoms with van der Waals surface area (Å²) in [6, 6.07) is 5.93. The number of halogens is 1. The Morgan fingerprint density at radius 3 is 2.93 bits per heavy atom. The quantitative estimate of drug-likeness (QED) is 0.875. The highest BCUT2D eigenvalue weighted by molar-refractivity contribution is 9.10. The van der Waals surface area contributed by atoms with Crippen molar-refractivity contribution in [2.24, 2.45) is 0 Å². The largest absolute Gasteiger partial charge is 0.465 e. The molecule has 0 saturated heterocycles. The fourth-order valence-corrected chi connectivity index (χ4v) is 1.63. The molecule has 0 aliphatic carbocycles. The number of hydrogen-bond donors (Lipinski definition) is 2. The highest BCUT2D eigenvalue weighted by Crippen LogP contribution is 2.19. The van der Waals surface area contributed by atoms with Gasteiger partial charge in [0.15, 0.2) is 0 Å². The Hall–Kier alpha value is -1.03. The van der Waals surface area contributed by atoms with Crippen molar-refractivity contribution in [2.75, 3.05) is 6.54 Å². The molecule has 0 fully saturated rings. The van der Waals surface area contributed by atoms with Gasteiger partial charge in [-0.05, 0) is 30.5 Å². The van der Waals surface area contributed by atoms with Crippen LogP contribution in [0.15, 0.2) is 22.7 Å². The van der Waals surface area contributed by atoms with Crippen LogP contribution in [0.1, 0.15) is 11.1 Å². The van der Waals surface area contributed by atoms with E-state index < -0.39 is 6.09 Å². The number of amides is 1. The molecular formula is C10H12BrNO2. The van der Waals surface area contributed by atoms with Crippen LogP contribution in [-0.4, -0.2) is 17.7 Å². The van der Waals surface area contributed by atoms with E-state index >= 15 is 0 Å². The average molecular weight is 258 g/mol. The molecule has 2 N–H and O–H groups in total. The molecule has 0 unspecified atom stereocenters. The Bertz CT molecular complexity index is 339. The average Bonchev–Trinajstić information content (AvgIpc) is 2.12. The van der Waals surface area contributed by atoms with Crippen LogP contribution in [0.25, 0.3) is 0 Å². The lowest BCUT2D eigenvalue weighted by Gasteiger charge is -2.07. The van der Waals surface area contributed by atoms with Gasteiger partial charge in [-0.2, -0.15) is 0 Å². The molecular weight excluding hydrogens is 246 g/mol. The third kappa shape index (κ3) is 3.03. The fraction of sp³-hybridized carbons (Fsp3) is 0.300. The lowest BCUT2D eigenvalue weighted by Crippen LogP contribution is -2.23. The van der Waals surface area contributed by atoms with Crippen molar-refractivity contribution in [2.45, 2.75) is 13.3 Å². The van der Waals surface area contributed by atoms with Crippen molar-refractivity contribution in [1.82, 2.24) is 5.32 Å². The molecule has 1 rings (SSSR count). The van der Waals surface area contributed by atoms with Crippen molar-refractivity contribution in [3.8, 4) is 0 Å². The molecule has 14 heavy (non-hydrogen) atoms. The SMILES string of the molecule is Cc1c(Br)cccc1CCNC(=O)O. The highest BCUT2D eigenvalue weighted by Gasteiger charge is 2.01. The molecule has 0 aliphatic rings. The lowest BCUT2D eigenvalue weighted by molar-refractivity contribution is 0.194. The molecule has 3 nitrogen and oxygen atoms in total. The minimum atomic E-state index is -0.974. The van der Waals surface area contributed by atoms with Gasteiger partial charge in [0.1, 0.15) is 0 Å². The van der Waals surface area contributed by atoms with Gasteiger partial charge in [-0.3, -0.25) is 0 Å². The molecule has 0 atom stereocenters. The maximum atomic E-state index is 10.2. The van der Waals surface area contributed by atoms with Gasteiger partial charge in [0.2, 0.25) is 0 Å². The predicted molar refractivity (Wildman–Crippen MR) is 58.6 cm³/mol. The summed E-state index contributed by atoms with van der Waals surface area (Å²) in [5, 5.41) is 10.7. The second-order valence-corrected chi connectivity index (χ2v) is 3.86. The summed E-state index contributed by atoms with van der Waals surface area (Å²) in [7, 11) is 0. The minimum Gasteiger partial charge on any atom is -0.465 e. The van der Waals surface area contributed by atoms with Gasteiger partial charge in [-0.25, -0.2) is 4.79 Å². The zero-order chi connectivity index (χ0) is 10.6. The summed E-state index contributed by atoms with van der Waals surface area (Å²) >= 11 is 3.43. The number of carbonyl (C=O) groups is 1. The van der Waals surface area contributed by atoms with E-state index in [-0.39, 0.29) is 0 Å². The van der Waals surface area contributed by atoms with Crippen molar-refractivity contribution in [3.05, 3.63) is 33.8 Å².